The quantitative estimate of drug-likeness (QED) is 0.470. The number of aliphatic hydroxyl groups is 2. The van der Waals surface area contributed by atoms with Gasteiger partial charge in [0.2, 0.25) is 0 Å². The summed E-state index contributed by atoms with van der Waals surface area (Å²) < 4.78 is 4.84. The molecule has 28 heavy (non-hydrogen) atoms. The van der Waals surface area contributed by atoms with Gasteiger partial charge in [-0.15, -0.1) is 0 Å². The van der Waals surface area contributed by atoms with Crippen LogP contribution in [0.15, 0.2) is 36.5 Å². The molecular formula is C21H22N2O5. The number of Topliss-reactive ketones (excluding diaryl/α,β-unsaturated/α-hetero) is 1. The molecule has 0 saturated heterocycles. The van der Waals surface area contributed by atoms with Gasteiger partial charge in [-0.3, -0.25) is 14.6 Å². The van der Waals surface area contributed by atoms with Gasteiger partial charge in [0.1, 0.15) is 5.69 Å². The summed E-state index contributed by atoms with van der Waals surface area (Å²) in [6, 6.07) is 9.54. The molecule has 0 unspecified atom stereocenters. The van der Waals surface area contributed by atoms with Crippen molar-refractivity contribution in [2.24, 2.45) is 17.8 Å². The van der Waals surface area contributed by atoms with Crippen molar-refractivity contribution >= 4 is 33.6 Å². The van der Waals surface area contributed by atoms with Gasteiger partial charge in [-0.1, -0.05) is 18.2 Å². The number of fused-ring (bicyclic) bond motifs is 3. The Kier molecular flexibility index (Phi) is 4.87. The fourth-order valence-corrected chi connectivity index (χ4v) is 4.42. The van der Waals surface area contributed by atoms with Gasteiger partial charge in [0.15, 0.2) is 5.78 Å². The van der Waals surface area contributed by atoms with E-state index < -0.39 is 29.8 Å². The summed E-state index contributed by atoms with van der Waals surface area (Å²) in [5, 5.41) is 22.1. The number of aliphatic hydroxyl groups excluding tert-OH is 2. The fourth-order valence-electron chi connectivity index (χ4n) is 4.42. The van der Waals surface area contributed by atoms with E-state index in [2.05, 4.69) is 9.97 Å². The van der Waals surface area contributed by atoms with Gasteiger partial charge in [-0.2, -0.15) is 0 Å². The first-order valence-corrected chi connectivity index (χ1v) is 9.33. The minimum atomic E-state index is -1.02. The number of hydrogen-bond donors (Lipinski definition) is 3. The molecular weight excluding hydrogens is 360 g/mol. The lowest BCUT2D eigenvalue weighted by Gasteiger charge is -2.37. The third kappa shape index (κ3) is 2.87. The number of benzene rings is 1. The van der Waals surface area contributed by atoms with Crippen LogP contribution in [0.3, 0.4) is 0 Å². The molecule has 1 aromatic carbocycles. The van der Waals surface area contributed by atoms with Gasteiger partial charge in [-0.25, -0.2) is 0 Å². The van der Waals surface area contributed by atoms with Crippen molar-refractivity contribution in [1.29, 1.82) is 0 Å². The zero-order chi connectivity index (χ0) is 19.8. The second-order valence-electron chi connectivity index (χ2n) is 7.28. The molecule has 0 bridgehead atoms. The fraction of sp³-hybridized carbons (Fsp3) is 0.381. The number of para-hydroxylation sites is 1. The number of aromatic amines is 1. The van der Waals surface area contributed by atoms with Crippen LogP contribution in [0.4, 0.5) is 0 Å². The van der Waals surface area contributed by atoms with Crippen LogP contribution in [0.1, 0.15) is 23.3 Å². The first-order valence-electron chi connectivity index (χ1n) is 9.33. The molecule has 7 nitrogen and oxygen atoms in total. The lowest BCUT2D eigenvalue weighted by atomic mass is 9.68. The number of carbonyl (C=O) groups excluding carboxylic acids is 2. The van der Waals surface area contributed by atoms with E-state index in [0.29, 0.717) is 18.4 Å². The summed E-state index contributed by atoms with van der Waals surface area (Å²) in [4.78, 5) is 33.4. The number of rotatable bonds is 4. The highest BCUT2D eigenvalue weighted by atomic mass is 16.5. The lowest BCUT2D eigenvalue weighted by molar-refractivity contribution is -0.155. The second-order valence-corrected chi connectivity index (χ2v) is 7.28. The standard InChI is InChI=1S/C21H22N2O5/c1-28-21(27)17-15(25)7-6-11(10-24)16(17)20(26)19-18-13(8-9-22-19)12-4-2-3-5-14(12)23-18/h2-5,8-9,11,15-17,23-25H,6-7,10H2,1H3/t11-,15+,16-,17-/m0/s1. The number of aromatic nitrogens is 2. The maximum atomic E-state index is 13.5. The Morgan fingerprint density at radius 1 is 1.18 bits per heavy atom. The van der Waals surface area contributed by atoms with E-state index in [1.54, 1.807) is 6.20 Å². The number of carbonyl (C=O) groups is 2. The van der Waals surface area contributed by atoms with Crippen LogP contribution in [-0.2, 0) is 9.53 Å². The van der Waals surface area contributed by atoms with Crippen LogP contribution >= 0.6 is 0 Å². The number of esters is 1. The average Bonchev–Trinajstić information content (AvgIpc) is 3.11. The number of nitrogens with one attached hydrogen (secondary N) is 1. The third-order valence-electron chi connectivity index (χ3n) is 5.81. The van der Waals surface area contributed by atoms with Crippen molar-refractivity contribution in [3.63, 3.8) is 0 Å². The van der Waals surface area contributed by atoms with Crippen molar-refractivity contribution in [3.05, 3.63) is 42.2 Å². The number of pyridine rings is 1. The van der Waals surface area contributed by atoms with Gasteiger partial charge in [0, 0.05) is 35.0 Å². The zero-order valence-electron chi connectivity index (χ0n) is 15.5. The number of methoxy groups -OCH3 is 1. The predicted octanol–water partition coefficient (Wildman–Crippen LogP) is 2.07. The minimum absolute atomic E-state index is 0.208. The Morgan fingerprint density at radius 2 is 1.96 bits per heavy atom. The molecule has 1 aliphatic rings. The number of H-pyrrole nitrogens is 1. The highest BCUT2D eigenvalue weighted by molar-refractivity contribution is 6.15. The number of ether oxygens (including phenoxy) is 1. The molecule has 1 saturated carbocycles. The maximum absolute atomic E-state index is 13.5. The summed E-state index contributed by atoms with van der Waals surface area (Å²) in [5.41, 5.74) is 1.68. The van der Waals surface area contributed by atoms with E-state index in [1.807, 2.05) is 30.3 Å². The van der Waals surface area contributed by atoms with Crippen LogP contribution in [0.5, 0.6) is 0 Å². The van der Waals surface area contributed by atoms with Crippen LogP contribution in [0, 0.1) is 17.8 Å². The summed E-state index contributed by atoms with van der Waals surface area (Å²) >= 11 is 0. The Labute approximate surface area is 161 Å². The van der Waals surface area contributed by atoms with Crippen molar-refractivity contribution < 1.29 is 24.5 Å². The van der Waals surface area contributed by atoms with Gasteiger partial charge in [0.25, 0.3) is 0 Å². The second kappa shape index (κ2) is 7.33. The zero-order valence-corrected chi connectivity index (χ0v) is 15.5. The molecule has 1 aliphatic carbocycles. The molecule has 0 aliphatic heterocycles. The minimum Gasteiger partial charge on any atom is -0.469 e. The van der Waals surface area contributed by atoms with Crippen molar-refractivity contribution in [1.82, 2.24) is 9.97 Å². The Balaban J connectivity index is 1.85. The molecule has 1 fully saturated rings. The molecule has 2 aromatic heterocycles. The van der Waals surface area contributed by atoms with Crippen LogP contribution in [0.25, 0.3) is 21.8 Å². The molecule has 3 N–H and O–H groups in total. The number of nitrogens with zero attached hydrogens (tertiary/aromatic N) is 1. The van der Waals surface area contributed by atoms with Crippen molar-refractivity contribution in [3.8, 4) is 0 Å². The normalized spacial score (nSPS) is 25.1. The number of ketones is 1. The Hall–Kier alpha value is -2.77. The SMILES string of the molecule is COC(=O)[C@@H]1[C@@H](C(=O)c2nccc3c2[nH]c2ccccc23)[C@H](CO)CC[C@H]1O. The van der Waals surface area contributed by atoms with Gasteiger partial charge < -0.3 is 19.9 Å². The van der Waals surface area contributed by atoms with Gasteiger partial charge in [0.05, 0.1) is 24.6 Å². The summed E-state index contributed by atoms with van der Waals surface area (Å²) in [6.45, 7) is -0.251. The van der Waals surface area contributed by atoms with Crippen molar-refractivity contribution in [2.75, 3.05) is 13.7 Å². The molecule has 7 heteroatoms. The molecule has 146 valence electrons. The first kappa shape index (κ1) is 18.6. The Morgan fingerprint density at radius 3 is 2.71 bits per heavy atom. The molecule has 3 aromatic rings. The topological polar surface area (TPSA) is 113 Å². The van der Waals surface area contributed by atoms with Gasteiger partial charge in [-0.05, 0) is 30.9 Å². The van der Waals surface area contributed by atoms with E-state index in [9.17, 15) is 19.8 Å². The molecule has 0 amide bonds. The predicted molar refractivity (Wildman–Crippen MR) is 103 cm³/mol. The summed E-state index contributed by atoms with van der Waals surface area (Å²) in [7, 11) is 1.23. The van der Waals surface area contributed by atoms with E-state index in [-0.39, 0.29) is 18.1 Å². The molecule has 0 radical (unpaired) electrons. The molecule has 2 heterocycles. The van der Waals surface area contributed by atoms with Gasteiger partial charge >= 0.3 is 5.97 Å². The van der Waals surface area contributed by atoms with Crippen LogP contribution in [0.2, 0.25) is 0 Å². The number of hydrogen-bond acceptors (Lipinski definition) is 6. The maximum Gasteiger partial charge on any atom is 0.312 e. The third-order valence-corrected chi connectivity index (χ3v) is 5.81. The molecule has 4 atom stereocenters. The highest BCUT2D eigenvalue weighted by Gasteiger charge is 2.48. The summed E-state index contributed by atoms with van der Waals surface area (Å²) in [6.07, 6.45) is 1.35. The van der Waals surface area contributed by atoms with E-state index >= 15 is 0 Å². The molecule has 0 spiro atoms. The van der Waals surface area contributed by atoms with E-state index in [4.69, 9.17) is 4.74 Å². The van der Waals surface area contributed by atoms with E-state index in [1.165, 1.54) is 7.11 Å². The monoisotopic (exact) mass is 382 g/mol. The lowest BCUT2D eigenvalue weighted by Crippen LogP contribution is -2.47. The van der Waals surface area contributed by atoms with Crippen molar-refractivity contribution in [2.45, 2.75) is 18.9 Å². The largest absolute Gasteiger partial charge is 0.469 e. The highest BCUT2D eigenvalue weighted by Crippen LogP contribution is 2.39. The van der Waals surface area contributed by atoms with Crippen LogP contribution in [-0.4, -0.2) is 51.8 Å². The summed E-state index contributed by atoms with van der Waals surface area (Å²) in [5.74, 6) is -3.38. The van der Waals surface area contributed by atoms with E-state index in [0.717, 1.165) is 16.3 Å². The smallest absolute Gasteiger partial charge is 0.312 e. The van der Waals surface area contributed by atoms with Crippen LogP contribution < -0.4 is 0 Å². The Bertz CT molecular complexity index is 1040. The first-order chi connectivity index (χ1) is 13.6. The molecule has 4 rings (SSSR count). The average molecular weight is 382 g/mol.